The lowest BCUT2D eigenvalue weighted by molar-refractivity contribution is 0.176. The fourth-order valence-corrected chi connectivity index (χ4v) is 2.40. The Kier molecular flexibility index (Phi) is 239. The highest BCUT2D eigenvalue weighted by Crippen LogP contribution is 2.38. The first-order valence-corrected chi connectivity index (χ1v) is 15.9. The minimum Gasteiger partial charge on any atom is -0.412 e. The summed E-state index contributed by atoms with van der Waals surface area (Å²) in [7, 11) is -7.36. The van der Waals surface area contributed by atoms with Crippen LogP contribution in [0, 0.1) is 0 Å². The van der Waals surface area contributed by atoms with Crippen LogP contribution in [0.15, 0.2) is 0 Å². The van der Waals surface area contributed by atoms with Gasteiger partial charge in [-0.1, -0.05) is 37.1 Å². The SMILES string of the molecule is C.C.C.C.C.CCO.CCO.CCO.CCOP(O)O.CCOP(O)OCC.CCOP(OCC)OCC.O.O.O.OP(O)O. The van der Waals surface area contributed by atoms with Gasteiger partial charge < -0.3 is 88.3 Å². The van der Waals surface area contributed by atoms with Crippen LogP contribution in [0.2, 0.25) is 0 Å². The first kappa shape index (κ1) is 96.9. The second-order valence-corrected chi connectivity index (χ2v) is 7.95. The smallest absolute Gasteiger partial charge is 0.332 e. The van der Waals surface area contributed by atoms with Gasteiger partial charge in [0.1, 0.15) is 0 Å². The highest BCUT2D eigenvalue weighted by molar-refractivity contribution is 7.41. The summed E-state index contributed by atoms with van der Waals surface area (Å²) in [6.07, 6.45) is 0. The molecule has 0 amide bonds. The zero-order chi connectivity index (χ0) is 30.9. The molecule has 0 heterocycles. The van der Waals surface area contributed by atoms with Crippen LogP contribution < -0.4 is 0 Å². The van der Waals surface area contributed by atoms with E-state index in [0.717, 1.165) is 0 Å². The molecule has 0 aliphatic carbocycles. The number of rotatable bonds is 12. The minimum absolute atomic E-state index is 0. The first-order chi connectivity index (χ1) is 17.4. The zero-order valence-corrected chi connectivity index (χ0v) is 28.7. The third-order valence-corrected chi connectivity index (χ3v) is 4.28. The van der Waals surface area contributed by atoms with E-state index in [4.69, 9.17) is 58.3 Å². The highest BCUT2D eigenvalue weighted by Gasteiger charge is 2.07. The second kappa shape index (κ2) is 111. The molecule has 0 atom stereocenters. The molecule has 0 aromatic heterocycles. The Labute approximate surface area is 281 Å². The topological polar surface area (TPSA) is 332 Å². The molecule has 15 N–H and O–H groups in total. The van der Waals surface area contributed by atoms with E-state index in [-0.39, 0.29) is 73.4 Å². The molecule has 0 unspecified atom stereocenters. The van der Waals surface area contributed by atoms with Gasteiger partial charge >= 0.3 is 34.4 Å². The van der Waals surface area contributed by atoms with E-state index < -0.39 is 34.4 Å². The maximum Gasteiger partial charge on any atom is 0.332 e. The third kappa shape index (κ3) is 230. The van der Waals surface area contributed by atoms with Crippen molar-refractivity contribution < 1.29 is 88.3 Å². The van der Waals surface area contributed by atoms with Gasteiger partial charge in [-0.15, -0.1) is 0 Å². The average Bonchev–Trinajstić information content (AvgIpc) is 2.77. The Hall–Kier alpha value is 1.000. The predicted octanol–water partition coefficient (Wildman–Crippen LogP) is 3.73. The maximum atomic E-state index is 8.67. The first-order valence-electron chi connectivity index (χ1n) is 11.3. The van der Waals surface area contributed by atoms with Crippen LogP contribution in [0.3, 0.4) is 0 Å². The van der Waals surface area contributed by atoms with Gasteiger partial charge in [0.2, 0.25) is 0 Å². The number of aliphatic hydroxyl groups is 3. The Balaban J connectivity index is -0.0000000182. The lowest BCUT2D eigenvalue weighted by Crippen LogP contribution is -1.94. The van der Waals surface area contributed by atoms with E-state index in [1.165, 1.54) is 0 Å². The summed E-state index contributed by atoms with van der Waals surface area (Å²) in [5, 5.41) is 22.7. The van der Waals surface area contributed by atoms with Crippen molar-refractivity contribution in [3.8, 4) is 0 Å². The standard InChI is InChI=1S/C6H15O3P.C4H11O3P.C2H7O3P.3C2H6O.5CH4.H3O3P.3H2O/c1-4-7-10(8-5-2)9-6-3;1-3-6-8(5)7-4-2;1-2-5-6(3)4;3*1-2-3;;;;;;1-4(2)3;;;/h4-6H2,1-3H3;5H,3-4H2,1-2H3;3-4H,2H2,1H3;3*3H,2H2,1H3;5*1H4;1-3H;3*1H2. The van der Waals surface area contributed by atoms with E-state index in [1.807, 2.05) is 34.6 Å². The molecule has 0 bridgehead atoms. The summed E-state index contributed by atoms with van der Waals surface area (Å²) in [6, 6.07) is 0. The van der Waals surface area contributed by atoms with Crippen molar-refractivity contribution in [2.24, 2.45) is 0 Å². The Bertz CT molecular complexity index is 285. The molecule has 0 spiro atoms. The van der Waals surface area contributed by atoms with E-state index in [2.05, 4.69) is 13.6 Å². The number of aliphatic hydroxyl groups excluding tert-OH is 3. The van der Waals surface area contributed by atoms with Gasteiger partial charge in [-0.2, -0.15) is 0 Å². The van der Waals surface area contributed by atoms with Crippen LogP contribution in [0.25, 0.3) is 0 Å². The number of hydrogen-bond donors (Lipinski definition) is 9. The highest BCUT2D eigenvalue weighted by atomic mass is 31.2. The van der Waals surface area contributed by atoms with Gasteiger partial charge in [0.25, 0.3) is 0 Å². The Morgan fingerprint density at radius 2 is 0.533 bits per heavy atom. The summed E-state index contributed by atoms with van der Waals surface area (Å²) in [5.41, 5.74) is 0. The lowest BCUT2D eigenvalue weighted by atomic mass is 10.9. The van der Waals surface area contributed by atoms with E-state index in [1.54, 1.807) is 27.7 Å². The monoisotopic (exact) mass is 768 g/mol. The number of hydrogen-bond acceptors (Lipinski definition) is 15. The van der Waals surface area contributed by atoms with Gasteiger partial charge in [-0.25, -0.2) is 0 Å². The van der Waals surface area contributed by atoms with Crippen LogP contribution >= 0.6 is 34.4 Å². The maximum absolute atomic E-state index is 8.67. The fraction of sp³-hybridized carbons (Fsp3) is 1.00. The largest absolute Gasteiger partial charge is 0.412 e. The summed E-state index contributed by atoms with van der Waals surface area (Å²) in [5.74, 6) is 0. The van der Waals surface area contributed by atoms with Gasteiger partial charge in [0.05, 0.1) is 39.6 Å². The molecule has 0 saturated carbocycles. The molecule has 18 nitrogen and oxygen atoms in total. The zero-order valence-electron chi connectivity index (χ0n) is 25.1. The molecule has 0 rings (SSSR count). The minimum atomic E-state index is -2.62. The van der Waals surface area contributed by atoms with Gasteiger partial charge in [-0.3, -0.25) is 0 Å². The molecule has 0 aliphatic rings. The molecule has 0 fully saturated rings. The van der Waals surface area contributed by atoms with Crippen molar-refractivity contribution >= 4 is 34.4 Å². The second-order valence-electron chi connectivity index (χ2n) is 4.44. The van der Waals surface area contributed by atoms with E-state index in [0.29, 0.717) is 39.6 Å². The molecule has 300 valence electrons. The molecule has 0 aromatic carbocycles. The van der Waals surface area contributed by atoms with Crippen LogP contribution in [-0.2, 0) is 27.1 Å². The molecule has 0 aromatic rings. The summed E-state index contributed by atoms with van der Waals surface area (Å²) in [4.78, 5) is 46.3. The molecule has 45 heavy (non-hydrogen) atoms. The van der Waals surface area contributed by atoms with E-state index >= 15 is 0 Å². The summed E-state index contributed by atoms with van der Waals surface area (Å²) >= 11 is 0. The van der Waals surface area contributed by atoms with Crippen LogP contribution in [-0.4, -0.2) is 121 Å². The van der Waals surface area contributed by atoms with Gasteiger partial charge in [0, 0.05) is 19.8 Å². The fourth-order valence-electron chi connectivity index (χ4n) is 0.802. The summed E-state index contributed by atoms with van der Waals surface area (Å²) in [6.45, 7) is 20.2. The molecule has 0 radical (unpaired) electrons. The molecular formula is C23H80O18P4. The molecule has 0 aliphatic heterocycles. The Morgan fingerprint density at radius 1 is 0.378 bits per heavy atom. The Morgan fingerprint density at radius 3 is 0.622 bits per heavy atom. The lowest BCUT2D eigenvalue weighted by Gasteiger charge is -2.12. The summed E-state index contributed by atoms with van der Waals surface area (Å²) < 4.78 is 29.0. The normalized spacial score (nSPS) is 7.60. The third-order valence-electron chi connectivity index (χ3n) is 1.43. The van der Waals surface area contributed by atoms with Crippen molar-refractivity contribution in [3.05, 3.63) is 0 Å². The van der Waals surface area contributed by atoms with E-state index in [9.17, 15) is 0 Å². The van der Waals surface area contributed by atoms with Crippen molar-refractivity contribution in [2.75, 3.05) is 59.5 Å². The van der Waals surface area contributed by atoms with Crippen molar-refractivity contribution in [3.63, 3.8) is 0 Å². The van der Waals surface area contributed by atoms with Crippen LogP contribution in [0.5, 0.6) is 0 Å². The molecule has 22 heteroatoms. The predicted molar refractivity (Wildman–Crippen MR) is 194 cm³/mol. The van der Waals surface area contributed by atoms with Crippen molar-refractivity contribution in [2.45, 2.75) is 99.4 Å². The molecule has 0 saturated heterocycles. The quantitative estimate of drug-likeness (QED) is 0.128. The average molecular weight is 769 g/mol. The van der Waals surface area contributed by atoms with Crippen molar-refractivity contribution in [1.29, 1.82) is 0 Å². The molecular weight excluding hydrogens is 688 g/mol. The van der Waals surface area contributed by atoms with Gasteiger partial charge in [-0.05, 0) is 62.3 Å². The van der Waals surface area contributed by atoms with Crippen LogP contribution in [0.4, 0.5) is 0 Å². The van der Waals surface area contributed by atoms with Gasteiger partial charge in [0.15, 0.2) is 0 Å². The van der Waals surface area contributed by atoms with Crippen molar-refractivity contribution in [1.82, 2.24) is 0 Å². The van der Waals surface area contributed by atoms with Crippen LogP contribution in [0.1, 0.15) is 99.4 Å².